The molecule has 0 saturated carbocycles. The second-order valence-corrected chi connectivity index (χ2v) is 5.13. The third kappa shape index (κ3) is 3.71. The predicted octanol–water partition coefficient (Wildman–Crippen LogP) is 1.20. The molecular formula is C15H21NO4. The van der Waals surface area contributed by atoms with Crippen molar-refractivity contribution >= 4 is 5.91 Å². The summed E-state index contributed by atoms with van der Waals surface area (Å²) >= 11 is 0. The Bertz CT molecular complexity index is 475. The van der Waals surface area contributed by atoms with Crippen LogP contribution in [0.5, 0.6) is 5.75 Å². The highest BCUT2D eigenvalue weighted by atomic mass is 16.5. The number of fused-ring (bicyclic) bond motifs is 1. The van der Waals surface area contributed by atoms with Gasteiger partial charge in [-0.2, -0.15) is 0 Å². The number of ether oxygens (including phenoxy) is 2. The number of benzene rings is 1. The fraction of sp³-hybridized carbons (Fsp3) is 0.533. The molecule has 0 bridgehead atoms. The van der Waals surface area contributed by atoms with E-state index in [-0.39, 0.29) is 24.7 Å². The normalized spacial score (nSPS) is 18.4. The summed E-state index contributed by atoms with van der Waals surface area (Å²) in [6, 6.07) is 5.52. The molecule has 2 atom stereocenters. The molecule has 2 rings (SSSR count). The Morgan fingerprint density at radius 1 is 1.55 bits per heavy atom. The second-order valence-electron chi connectivity index (χ2n) is 5.13. The van der Waals surface area contributed by atoms with E-state index in [9.17, 15) is 9.90 Å². The number of methoxy groups -OCH3 is 1. The fourth-order valence-electron chi connectivity index (χ4n) is 2.42. The molecule has 0 heterocycles. The summed E-state index contributed by atoms with van der Waals surface area (Å²) < 4.78 is 10.4. The lowest BCUT2D eigenvalue weighted by Crippen LogP contribution is -2.38. The highest BCUT2D eigenvalue weighted by molar-refractivity contribution is 5.77. The van der Waals surface area contributed by atoms with Gasteiger partial charge in [0.25, 0.3) is 5.91 Å². The number of carbonyl (C=O) groups excluding carboxylic acids is 1. The van der Waals surface area contributed by atoms with E-state index in [1.54, 1.807) is 13.2 Å². The minimum Gasteiger partial charge on any atom is -0.484 e. The molecule has 5 nitrogen and oxygen atoms in total. The van der Waals surface area contributed by atoms with E-state index >= 15 is 0 Å². The minimum atomic E-state index is -0.364. The molecule has 0 radical (unpaired) electrons. The van der Waals surface area contributed by atoms with Crippen molar-refractivity contribution in [3.63, 3.8) is 0 Å². The molecule has 0 spiro atoms. The van der Waals surface area contributed by atoms with Crippen molar-refractivity contribution in [3.05, 3.63) is 29.3 Å². The van der Waals surface area contributed by atoms with E-state index in [1.807, 2.05) is 19.1 Å². The van der Waals surface area contributed by atoms with Crippen LogP contribution in [-0.2, 0) is 16.0 Å². The summed E-state index contributed by atoms with van der Waals surface area (Å²) in [4.78, 5) is 11.7. The number of aliphatic hydroxyl groups excluding tert-OH is 1. The molecule has 5 heteroatoms. The number of amides is 1. The van der Waals surface area contributed by atoms with Gasteiger partial charge < -0.3 is 19.9 Å². The quantitative estimate of drug-likeness (QED) is 0.821. The van der Waals surface area contributed by atoms with Crippen molar-refractivity contribution in [1.29, 1.82) is 0 Å². The largest absolute Gasteiger partial charge is 0.484 e. The van der Waals surface area contributed by atoms with Crippen LogP contribution in [-0.4, -0.2) is 37.4 Å². The van der Waals surface area contributed by atoms with Crippen LogP contribution in [0.15, 0.2) is 18.2 Å². The van der Waals surface area contributed by atoms with Gasteiger partial charge >= 0.3 is 0 Å². The number of hydrogen-bond acceptors (Lipinski definition) is 4. The first-order valence-electron chi connectivity index (χ1n) is 6.82. The van der Waals surface area contributed by atoms with Crippen molar-refractivity contribution in [2.24, 2.45) is 0 Å². The topological polar surface area (TPSA) is 67.8 Å². The Balaban J connectivity index is 1.84. The zero-order valence-corrected chi connectivity index (χ0v) is 11.9. The molecule has 1 aliphatic rings. The van der Waals surface area contributed by atoms with E-state index in [0.29, 0.717) is 12.4 Å². The Morgan fingerprint density at radius 2 is 2.35 bits per heavy atom. The molecule has 0 aromatic heterocycles. The van der Waals surface area contributed by atoms with Crippen LogP contribution < -0.4 is 10.1 Å². The van der Waals surface area contributed by atoms with Crippen LogP contribution in [0.2, 0.25) is 0 Å². The number of hydrogen-bond donors (Lipinski definition) is 2. The van der Waals surface area contributed by atoms with Crippen molar-refractivity contribution in [1.82, 2.24) is 5.32 Å². The summed E-state index contributed by atoms with van der Waals surface area (Å²) in [5, 5.41) is 12.5. The molecule has 1 aromatic rings. The van der Waals surface area contributed by atoms with Crippen LogP contribution >= 0.6 is 0 Å². The molecule has 2 N–H and O–H groups in total. The summed E-state index contributed by atoms with van der Waals surface area (Å²) in [5.41, 5.74) is 2.07. The van der Waals surface area contributed by atoms with Gasteiger partial charge in [0.15, 0.2) is 6.61 Å². The molecule has 0 saturated heterocycles. The third-order valence-electron chi connectivity index (χ3n) is 3.35. The Labute approximate surface area is 118 Å². The number of rotatable bonds is 6. The highest BCUT2D eigenvalue weighted by Gasteiger charge is 2.20. The summed E-state index contributed by atoms with van der Waals surface area (Å²) in [7, 11) is 1.60. The summed E-state index contributed by atoms with van der Waals surface area (Å²) in [6.45, 7) is 2.33. The molecule has 0 aliphatic heterocycles. The number of aryl methyl sites for hydroxylation is 1. The van der Waals surface area contributed by atoms with Gasteiger partial charge in [-0.25, -0.2) is 0 Å². The lowest BCUT2D eigenvalue weighted by atomic mass is 10.1. The number of aliphatic hydroxyl groups is 1. The maximum atomic E-state index is 11.7. The molecule has 0 fully saturated rings. The molecule has 20 heavy (non-hydrogen) atoms. The smallest absolute Gasteiger partial charge is 0.258 e. The Hall–Kier alpha value is -1.59. The molecule has 1 aliphatic carbocycles. The van der Waals surface area contributed by atoms with Gasteiger partial charge in [-0.05, 0) is 43.0 Å². The first-order valence-corrected chi connectivity index (χ1v) is 6.82. The molecule has 110 valence electrons. The first-order chi connectivity index (χ1) is 9.60. The van der Waals surface area contributed by atoms with Crippen molar-refractivity contribution in [2.75, 3.05) is 20.3 Å². The number of carbonyl (C=O) groups is 1. The Morgan fingerprint density at radius 3 is 3.10 bits per heavy atom. The van der Waals surface area contributed by atoms with Crippen molar-refractivity contribution in [2.45, 2.75) is 31.9 Å². The van der Waals surface area contributed by atoms with E-state index in [1.165, 1.54) is 0 Å². The van der Waals surface area contributed by atoms with Crippen LogP contribution in [0.4, 0.5) is 0 Å². The van der Waals surface area contributed by atoms with E-state index < -0.39 is 0 Å². The first kappa shape index (κ1) is 14.8. The second kappa shape index (κ2) is 6.72. The molecule has 1 unspecified atom stereocenters. The Kier molecular flexibility index (Phi) is 4.98. The standard InChI is InChI=1S/C15H21NO4/c1-10(8-19-2)16-15(18)9-20-12-4-5-13-11(7-12)3-6-14(13)17/h4-5,7,10,14,17H,3,6,8-9H2,1-2H3,(H,16,18)/t10?,14-/m0/s1. The highest BCUT2D eigenvalue weighted by Crippen LogP contribution is 2.33. The van der Waals surface area contributed by atoms with E-state index in [0.717, 1.165) is 24.0 Å². The lowest BCUT2D eigenvalue weighted by molar-refractivity contribution is -0.124. The monoisotopic (exact) mass is 279 g/mol. The average molecular weight is 279 g/mol. The van der Waals surface area contributed by atoms with Gasteiger partial charge in [0.1, 0.15) is 5.75 Å². The van der Waals surface area contributed by atoms with Gasteiger partial charge in [0, 0.05) is 13.2 Å². The van der Waals surface area contributed by atoms with Crippen LogP contribution in [0.1, 0.15) is 30.6 Å². The predicted molar refractivity (Wildman–Crippen MR) is 74.7 cm³/mol. The molecular weight excluding hydrogens is 258 g/mol. The maximum Gasteiger partial charge on any atom is 0.258 e. The average Bonchev–Trinajstić information content (AvgIpc) is 2.78. The van der Waals surface area contributed by atoms with Crippen LogP contribution in [0.25, 0.3) is 0 Å². The maximum absolute atomic E-state index is 11.7. The summed E-state index contributed by atoms with van der Waals surface area (Å²) in [5.74, 6) is 0.488. The minimum absolute atomic E-state index is 0.0185. The van der Waals surface area contributed by atoms with Gasteiger partial charge in [-0.1, -0.05) is 6.07 Å². The number of nitrogens with one attached hydrogen (secondary N) is 1. The van der Waals surface area contributed by atoms with Gasteiger partial charge in [0.2, 0.25) is 0 Å². The molecule has 1 amide bonds. The lowest BCUT2D eigenvalue weighted by Gasteiger charge is -2.13. The third-order valence-corrected chi connectivity index (χ3v) is 3.35. The van der Waals surface area contributed by atoms with E-state index in [4.69, 9.17) is 9.47 Å². The van der Waals surface area contributed by atoms with Gasteiger partial charge in [-0.15, -0.1) is 0 Å². The van der Waals surface area contributed by atoms with Crippen LogP contribution in [0, 0.1) is 0 Å². The zero-order valence-electron chi connectivity index (χ0n) is 11.9. The van der Waals surface area contributed by atoms with Crippen molar-refractivity contribution < 1.29 is 19.4 Å². The van der Waals surface area contributed by atoms with E-state index in [2.05, 4.69) is 5.32 Å². The fourth-order valence-corrected chi connectivity index (χ4v) is 2.42. The van der Waals surface area contributed by atoms with Crippen LogP contribution in [0.3, 0.4) is 0 Å². The van der Waals surface area contributed by atoms with Gasteiger partial charge in [0.05, 0.1) is 12.7 Å². The SMILES string of the molecule is COCC(C)NC(=O)COc1ccc2c(c1)CC[C@@H]2O. The van der Waals surface area contributed by atoms with Crippen molar-refractivity contribution in [3.8, 4) is 5.75 Å². The summed E-state index contributed by atoms with van der Waals surface area (Å²) in [6.07, 6.45) is 1.25. The zero-order chi connectivity index (χ0) is 14.5. The van der Waals surface area contributed by atoms with Gasteiger partial charge in [-0.3, -0.25) is 4.79 Å². The molecule has 1 aromatic carbocycles.